The number of hydrogen-bond donors (Lipinski definition) is 1. The number of aromatic nitrogens is 3. The van der Waals surface area contributed by atoms with Gasteiger partial charge in [0, 0.05) is 5.69 Å². The number of benzene rings is 1. The van der Waals surface area contributed by atoms with E-state index in [2.05, 4.69) is 15.4 Å². The molecule has 1 unspecified atom stereocenters. The number of para-hydroxylation sites is 1. The molecule has 0 radical (unpaired) electrons. The van der Waals surface area contributed by atoms with Crippen LogP contribution in [0, 0.1) is 5.41 Å². The van der Waals surface area contributed by atoms with Crippen molar-refractivity contribution in [1.82, 2.24) is 14.8 Å². The molecule has 1 aliphatic rings. The number of carbonyl (C=O) groups excluding carboxylic acids is 1. The summed E-state index contributed by atoms with van der Waals surface area (Å²) in [5.74, 6) is -0.168. The Labute approximate surface area is 132 Å². The maximum Gasteiger partial charge on any atom is 0.233 e. The minimum absolute atomic E-state index is 0.168. The molecule has 1 saturated carbocycles. The molecule has 1 amide bonds. The summed E-state index contributed by atoms with van der Waals surface area (Å²) >= 11 is 12.1. The molecule has 0 bridgehead atoms. The van der Waals surface area contributed by atoms with Crippen LogP contribution in [0.25, 0.3) is 0 Å². The van der Waals surface area contributed by atoms with E-state index in [-0.39, 0.29) is 5.91 Å². The SMILES string of the molecule is CC1(C(=O)Nc2ccccc2Cn2cncn2)CC1(Cl)Cl. The lowest BCUT2D eigenvalue weighted by atomic mass is 10.1. The van der Waals surface area contributed by atoms with Crippen LogP contribution in [0.1, 0.15) is 18.9 Å². The molecule has 1 heterocycles. The van der Waals surface area contributed by atoms with E-state index in [4.69, 9.17) is 23.2 Å². The van der Waals surface area contributed by atoms with E-state index in [0.29, 0.717) is 13.0 Å². The van der Waals surface area contributed by atoms with Crippen molar-refractivity contribution in [2.24, 2.45) is 5.41 Å². The average Bonchev–Trinajstić information content (AvgIpc) is 2.81. The highest BCUT2D eigenvalue weighted by atomic mass is 35.5. The average molecular weight is 325 g/mol. The maximum absolute atomic E-state index is 12.4. The van der Waals surface area contributed by atoms with Gasteiger partial charge in [-0.3, -0.25) is 4.79 Å². The zero-order valence-electron chi connectivity index (χ0n) is 11.4. The van der Waals surface area contributed by atoms with Crippen LogP contribution in [-0.4, -0.2) is 25.0 Å². The van der Waals surface area contributed by atoms with Crippen molar-refractivity contribution >= 4 is 34.8 Å². The van der Waals surface area contributed by atoms with E-state index in [9.17, 15) is 4.79 Å². The molecule has 1 aromatic heterocycles. The highest BCUT2D eigenvalue weighted by Crippen LogP contribution is 2.64. The van der Waals surface area contributed by atoms with Gasteiger partial charge in [-0.15, -0.1) is 23.2 Å². The summed E-state index contributed by atoms with van der Waals surface area (Å²) in [4.78, 5) is 16.3. The Balaban J connectivity index is 1.79. The predicted octanol–water partition coefficient (Wildman–Crippen LogP) is 2.85. The summed E-state index contributed by atoms with van der Waals surface area (Å²) in [5, 5.41) is 6.98. The van der Waals surface area contributed by atoms with Crippen molar-refractivity contribution in [1.29, 1.82) is 0 Å². The zero-order valence-corrected chi connectivity index (χ0v) is 12.9. The summed E-state index contributed by atoms with van der Waals surface area (Å²) in [6.07, 6.45) is 3.56. The predicted molar refractivity (Wildman–Crippen MR) is 81.4 cm³/mol. The molecule has 2 aromatic rings. The van der Waals surface area contributed by atoms with Gasteiger partial charge in [0.25, 0.3) is 0 Å². The molecule has 5 nitrogen and oxygen atoms in total. The fraction of sp³-hybridized carbons (Fsp3) is 0.357. The number of hydrogen-bond acceptors (Lipinski definition) is 3. The van der Waals surface area contributed by atoms with E-state index in [1.807, 2.05) is 24.3 Å². The topological polar surface area (TPSA) is 59.8 Å². The Hall–Kier alpha value is -1.59. The van der Waals surface area contributed by atoms with Crippen LogP contribution in [0.5, 0.6) is 0 Å². The monoisotopic (exact) mass is 324 g/mol. The van der Waals surface area contributed by atoms with Crippen molar-refractivity contribution in [3.63, 3.8) is 0 Å². The van der Waals surface area contributed by atoms with Crippen LogP contribution in [-0.2, 0) is 11.3 Å². The molecule has 1 fully saturated rings. The Morgan fingerprint density at radius 2 is 2.14 bits per heavy atom. The molecule has 0 saturated heterocycles. The number of carbonyl (C=O) groups is 1. The van der Waals surface area contributed by atoms with Crippen molar-refractivity contribution in [3.8, 4) is 0 Å². The van der Waals surface area contributed by atoms with E-state index in [1.54, 1.807) is 17.9 Å². The maximum atomic E-state index is 12.4. The molecule has 0 spiro atoms. The summed E-state index contributed by atoms with van der Waals surface area (Å²) in [5.41, 5.74) is 0.932. The quantitative estimate of drug-likeness (QED) is 0.880. The largest absolute Gasteiger partial charge is 0.325 e. The lowest BCUT2D eigenvalue weighted by molar-refractivity contribution is -0.120. The Morgan fingerprint density at radius 3 is 2.76 bits per heavy atom. The first-order valence-corrected chi connectivity index (χ1v) is 7.28. The third-order valence-corrected chi connectivity index (χ3v) is 4.92. The van der Waals surface area contributed by atoms with Crippen LogP contribution < -0.4 is 5.32 Å². The number of alkyl halides is 2. The molecule has 110 valence electrons. The van der Waals surface area contributed by atoms with E-state index in [1.165, 1.54) is 6.33 Å². The molecule has 0 aliphatic heterocycles. The van der Waals surface area contributed by atoms with Crippen molar-refractivity contribution in [3.05, 3.63) is 42.5 Å². The second kappa shape index (κ2) is 5.00. The van der Waals surface area contributed by atoms with Crippen molar-refractivity contribution < 1.29 is 4.79 Å². The van der Waals surface area contributed by atoms with Gasteiger partial charge in [0.05, 0.1) is 12.0 Å². The van der Waals surface area contributed by atoms with Gasteiger partial charge in [-0.2, -0.15) is 5.10 Å². The zero-order chi connectivity index (χ0) is 15.1. The van der Waals surface area contributed by atoms with E-state index >= 15 is 0 Å². The van der Waals surface area contributed by atoms with Crippen LogP contribution in [0.15, 0.2) is 36.9 Å². The van der Waals surface area contributed by atoms with Gasteiger partial charge < -0.3 is 5.32 Å². The van der Waals surface area contributed by atoms with Gasteiger partial charge in [0.1, 0.15) is 17.0 Å². The second-order valence-electron chi connectivity index (χ2n) is 5.42. The Bertz CT molecular complexity index is 671. The number of anilines is 1. The Morgan fingerprint density at radius 1 is 1.43 bits per heavy atom. The van der Waals surface area contributed by atoms with E-state index < -0.39 is 9.75 Å². The molecular weight excluding hydrogens is 311 g/mol. The van der Waals surface area contributed by atoms with Crippen molar-refractivity contribution in [2.75, 3.05) is 5.32 Å². The number of halogens is 2. The summed E-state index contributed by atoms with van der Waals surface area (Å²) in [7, 11) is 0. The summed E-state index contributed by atoms with van der Waals surface area (Å²) < 4.78 is 0.717. The fourth-order valence-electron chi connectivity index (χ4n) is 2.18. The van der Waals surface area contributed by atoms with Gasteiger partial charge >= 0.3 is 0 Å². The molecule has 1 atom stereocenters. The summed E-state index contributed by atoms with van der Waals surface area (Å²) in [6, 6.07) is 7.56. The van der Waals surface area contributed by atoms with Gasteiger partial charge in [0.15, 0.2) is 0 Å². The third kappa shape index (κ3) is 2.63. The molecule has 7 heteroatoms. The first-order chi connectivity index (χ1) is 9.92. The lowest BCUT2D eigenvalue weighted by Gasteiger charge is -2.15. The normalized spacial score (nSPS) is 22.8. The number of rotatable bonds is 4. The van der Waals surface area contributed by atoms with E-state index in [0.717, 1.165) is 11.3 Å². The van der Waals surface area contributed by atoms with Crippen LogP contribution in [0.4, 0.5) is 5.69 Å². The smallest absolute Gasteiger partial charge is 0.233 e. The number of nitrogens with one attached hydrogen (secondary N) is 1. The highest BCUT2D eigenvalue weighted by Gasteiger charge is 2.67. The highest BCUT2D eigenvalue weighted by molar-refractivity contribution is 6.53. The van der Waals surface area contributed by atoms with Crippen molar-refractivity contribution in [2.45, 2.75) is 24.2 Å². The van der Waals surface area contributed by atoms with Gasteiger partial charge in [-0.25, -0.2) is 9.67 Å². The molecule has 3 rings (SSSR count). The minimum atomic E-state index is -0.974. The van der Waals surface area contributed by atoms with Gasteiger partial charge in [-0.05, 0) is 25.0 Å². The Kier molecular flexibility index (Phi) is 3.42. The number of amides is 1. The molecule has 1 N–H and O–H groups in total. The van der Waals surface area contributed by atoms with Gasteiger partial charge in [0.2, 0.25) is 5.91 Å². The van der Waals surface area contributed by atoms with Crippen LogP contribution in [0.2, 0.25) is 0 Å². The molecular formula is C14H14Cl2N4O. The lowest BCUT2D eigenvalue weighted by Crippen LogP contribution is -2.26. The third-order valence-electron chi connectivity index (χ3n) is 3.82. The molecule has 1 aromatic carbocycles. The fourth-order valence-corrected chi connectivity index (χ4v) is 2.88. The first kappa shape index (κ1) is 14.4. The molecule has 21 heavy (non-hydrogen) atoms. The summed E-state index contributed by atoms with van der Waals surface area (Å²) in [6.45, 7) is 2.29. The number of nitrogens with zero attached hydrogens (tertiary/aromatic N) is 3. The van der Waals surface area contributed by atoms with Gasteiger partial charge in [-0.1, -0.05) is 18.2 Å². The second-order valence-corrected chi connectivity index (χ2v) is 6.90. The first-order valence-electron chi connectivity index (χ1n) is 6.52. The minimum Gasteiger partial charge on any atom is -0.325 e. The van der Waals surface area contributed by atoms with Crippen LogP contribution in [0.3, 0.4) is 0 Å². The molecule has 1 aliphatic carbocycles. The standard InChI is InChI=1S/C14H14Cl2N4O/c1-13(7-14(13,15)16)12(21)19-11-5-3-2-4-10(11)6-20-9-17-8-18-20/h2-5,8-9H,6-7H2,1H3,(H,19,21). The van der Waals surface area contributed by atoms with Crippen LogP contribution >= 0.6 is 23.2 Å².